The standard InChI is InChI=1S/C25H24BrN3O5/c1-32-22-10-8-18(13-23(22)33-2)25(31)27-15-24(30)29-28-14-19-12-20(26)9-11-21(19)34-16-17-6-4-3-5-7-17/h3-14H,15-16H2,1-2H3,(H,27,31)(H,29,30)/b28-14+. The molecule has 0 aliphatic heterocycles. The number of hydrogen-bond donors (Lipinski definition) is 2. The minimum atomic E-state index is -0.480. The number of carbonyl (C=O) groups excluding carboxylic acids is 2. The number of hydrazone groups is 1. The zero-order valence-corrected chi connectivity index (χ0v) is 20.3. The number of nitrogens with one attached hydrogen (secondary N) is 2. The second kappa shape index (κ2) is 12.4. The zero-order chi connectivity index (χ0) is 24.3. The van der Waals surface area contributed by atoms with Gasteiger partial charge in [0.25, 0.3) is 11.8 Å². The van der Waals surface area contributed by atoms with Crippen LogP contribution in [0.2, 0.25) is 0 Å². The van der Waals surface area contributed by atoms with Crippen LogP contribution < -0.4 is 25.0 Å². The van der Waals surface area contributed by atoms with Gasteiger partial charge in [0.2, 0.25) is 0 Å². The first-order valence-electron chi connectivity index (χ1n) is 10.3. The van der Waals surface area contributed by atoms with Gasteiger partial charge in [0.1, 0.15) is 12.4 Å². The average molecular weight is 526 g/mol. The Morgan fingerprint density at radius 1 is 0.941 bits per heavy atom. The van der Waals surface area contributed by atoms with E-state index in [1.165, 1.54) is 26.5 Å². The van der Waals surface area contributed by atoms with Crippen LogP contribution in [0.4, 0.5) is 0 Å². The number of carbonyl (C=O) groups is 2. The van der Waals surface area contributed by atoms with Crippen molar-refractivity contribution in [3.8, 4) is 17.2 Å². The molecule has 0 atom stereocenters. The first kappa shape index (κ1) is 24.8. The topological polar surface area (TPSA) is 98.2 Å². The highest BCUT2D eigenvalue weighted by atomic mass is 79.9. The van der Waals surface area contributed by atoms with Crippen molar-refractivity contribution in [2.45, 2.75) is 6.61 Å². The molecule has 0 bridgehead atoms. The smallest absolute Gasteiger partial charge is 0.259 e. The van der Waals surface area contributed by atoms with Crippen molar-refractivity contribution in [3.05, 3.63) is 87.9 Å². The fraction of sp³-hybridized carbons (Fsp3) is 0.160. The summed E-state index contributed by atoms with van der Waals surface area (Å²) >= 11 is 3.43. The summed E-state index contributed by atoms with van der Waals surface area (Å²) < 4.78 is 17.1. The van der Waals surface area contributed by atoms with E-state index in [9.17, 15) is 9.59 Å². The number of hydrogen-bond acceptors (Lipinski definition) is 6. The van der Waals surface area contributed by atoms with Crippen LogP contribution in [0.15, 0.2) is 76.3 Å². The minimum absolute atomic E-state index is 0.250. The fourth-order valence-corrected chi connectivity index (χ4v) is 3.32. The molecule has 0 fully saturated rings. The molecule has 0 saturated carbocycles. The van der Waals surface area contributed by atoms with Gasteiger partial charge < -0.3 is 19.5 Å². The molecule has 3 aromatic rings. The molecule has 0 aliphatic carbocycles. The maximum atomic E-state index is 12.3. The molecule has 0 aromatic heterocycles. The van der Waals surface area contributed by atoms with Crippen LogP contribution in [0, 0.1) is 0 Å². The lowest BCUT2D eigenvalue weighted by Gasteiger charge is -2.10. The number of rotatable bonds is 10. The Morgan fingerprint density at radius 2 is 1.68 bits per heavy atom. The van der Waals surface area contributed by atoms with Crippen molar-refractivity contribution >= 4 is 34.0 Å². The molecule has 2 amide bonds. The van der Waals surface area contributed by atoms with E-state index in [0.29, 0.717) is 35.0 Å². The number of nitrogens with zero attached hydrogens (tertiary/aromatic N) is 1. The Balaban J connectivity index is 1.54. The van der Waals surface area contributed by atoms with E-state index in [1.807, 2.05) is 48.5 Å². The normalized spacial score (nSPS) is 10.6. The van der Waals surface area contributed by atoms with Crippen LogP contribution in [0.3, 0.4) is 0 Å². The van der Waals surface area contributed by atoms with Crippen molar-refractivity contribution in [1.29, 1.82) is 0 Å². The molecule has 3 rings (SSSR count). The molecule has 0 saturated heterocycles. The summed E-state index contributed by atoms with van der Waals surface area (Å²) in [6.45, 7) is 0.151. The van der Waals surface area contributed by atoms with Gasteiger partial charge in [-0.25, -0.2) is 5.43 Å². The Kier molecular flexibility index (Phi) is 9.04. The Labute approximate surface area is 206 Å². The SMILES string of the molecule is COc1ccc(C(=O)NCC(=O)N/N=C/c2cc(Br)ccc2OCc2ccccc2)cc1OC. The first-order valence-corrected chi connectivity index (χ1v) is 11.1. The lowest BCUT2D eigenvalue weighted by molar-refractivity contribution is -0.120. The lowest BCUT2D eigenvalue weighted by atomic mass is 10.2. The number of methoxy groups -OCH3 is 2. The summed E-state index contributed by atoms with van der Waals surface area (Å²) in [5.41, 5.74) is 4.45. The second-order valence-corrected chi connectivity index (χ2v) is 7.92. The summed E-state index contributed by atoms with van der Waals surface area (Å²) in [5, 5.41) is 6.53. The summed E-state index contributed by atoms with van der Waals surface area (Å²) in [7, 11) is 2.99. The molecular weight excluding hydrogens is 502 g/mol. The van der Waals surface area contributed by atoms with Crippen LogP contribution in [-0.4, -0.2) is 38.8 Å². The van der Waals surface area contributed by atoms with Gasteiger partial charge in [-0.1, -0.05) is 46.3 Å². The summed E-state index contributed by atoms with van der Waals surface area (Å²) in [4.78, 5) is 24.5. The van der Waals surface area contributed by atoms with Gasteiger partial charge in [0.05, 0.1) is 27.0 Å². The molecule has 3 aromatic carbocycles. The first-order chi connectivity index (χ1) is 16.5. The van der Waals surface area contributed by atoms with E-state index in [0.717, 1.165) is 10.0 Å². The fourth-order valence-electron chi connectivity index (χ4n) is 2.94. The third-order valence-electron chi connectivity index (χ3n) is 4.66. The molecule has 9 heteroatoms. The molecule has 0 radical (unpaired) electrons. The van der Waals surface area contributed by atoms with E-state index in [2.05, 4.69) is 31.8 Å². The Hall–Kier alpha value is -3.85. The van der Waals surface area contributed by atoms with Gasteiger partial charge in [0, 0.05) is 15.6 Å². The highest BCUT2D eigenvalue weighted by Crippen LogP contribution is 2.27. The molecule has 0 unspecified atom stereocenters. The van der Waals surface area contributed by atoms with Crippen molar-refractivity contribution in [1.82, 2.24) is 10.7 Å². The van der Waals surface area contributed by atoms with E-state index in [1.54, 1.807) is 12.1 Å². The minimum Gasteiger partial charge on any atom is -0.493 e. The van der Waals surface area contributed by atoms with Crippen LogP contribution in [0.5, 0.6) is 17.2 Å². The molecular formula is C25H24BrN3O5. The zero-order valence-electron chi connectivity index (χ0n) is 18.7. The van der Waals surface area contributed by atoms with Gasteiger partial charge in [-0.2, -0.15) is 5.10 Å². The summed E-state index contributed by atoms with van der Waals surface area (Å²) in [6.07, 6.45) is 1.49. The number of halogens is 1. The molecule has 176 valence electrons. The number of benzene rings is 3. The van der Waals surface area contributed by atoms with Crippen LogP contribution >= 0.6 is 15.9 Å². The van der Waals surface area contributed by atoms with Gasteiger partial charge in [0.15, 0.2) is 11.5 Å². The van der Waals surface area contributed by atoms with Crippen LogP contribution in [0.25, 0.3) is 0 Å². The molecule has 0 spiro atoms. The Morgan fingerprint density at radius 3 is 2.41 bits per heavy atom. The van der Waals surface area contributed by atoms with Crippen molar-refractivity contribution < 1.29 is 23.8 Å². The maximum Gasteiger partial charge on any atom is 0.259 e. The maximum absolute atomic E-state index is 12.3. The van der Waals surface area contributed by atoms with Crippen molar-refractivity contribution in [2.75, 3.05) is 20.8 Å². The van der Waals surface area contributed by atoms with Crippen LogP contribution in [0.1, 0.15) is 21.5 Å². The monoisotopic (exact) mass is 525 g/mol. The summed E-state index contributed by atoms with van der Waals surface area (Å²) in [6, 6.07) is 20.0. The van der Waals surface area contributed by atoms with E-state index >= 15 is 0 Å². The van der Waals surface area contributed by atoms with E-state index in [4.69, 9.17) is 14.2 Å². The van der Waals surface area contributed by atoms with Gasteiger partial charge >= 0.3 is 0 Å². The molecule has 0 heterocycles. The van der Waals surface area contributed by atoms with E-state index in [-0.39, 0.29) is 6.54 Å². The predicted molar refractivity (Wildman–Crippen MR) is 133 cm³/mol. The van der Waals surface area contributed by atoms with Crippen LogP contribution in [-0.2, 0) is 11.4 Å². The van der Waals surface area contributed by atoms with Crippen molar-refractivity contribution in [2.24, 2.45) is 5.10 Å². The third-order valence-corrected chi connectivity index (χ3v) is 5.15. The number of ether oxygens (including phenoxy) is 3. The molecule has 34 heavy (non-hydrogen) atoms. The lowest BCUT2D eigenvalue weighted by Crippen LogP contribution is -2.34. The van der Waals surface area contributed by atoms with Gasteiger partial charge in [-0.15, -0.1) is 0 Å². The highest BCUT2D eigenvalue weighted by molar-refractivity contribution is 9.10. The highest BCUT2D eigenvalue weighted by Gasteiger charge is 2.12. The molecule has 8 nitrogen and oxygen atoms in total. The van der Waals surface area contributed by atoms with Gasteiger partial charge in [-0.05, 0) is 42.0 Å². The quantitative estimate of drug-likeness (QED) is 0.308. The Bertz CT molecular complexity index is 1170. The largest absolute Gasteiger partial charge is 0.493 e. The number of amides is 2. The van der Waals surface area contributed by atoms with Crippen molar-refractivity contribution in [3.63, 3.8) is 0 Å². The average Bonchev–Trinajstić information content (AvgIpc) is 2.87. The van der Waals surface area contributed by atoms with Gasteiger partial charge in [-0.3, -0.25) is 9.59 Å². The predicted octanol–water partition coefficient (Wildman–Crippen LogP) is 3.93. The molecule has 2 N–H and O–H groups in total. The second-order valence-electron chi connectivity index (χ2n) is 7.00. The molecule has 0 aliphatic rings. The third kappa shape index (κ3) is 7.08. The summed E-state index contributed by atoms with van der Waals surface area (Å²) in [5.74, 6) is 0.636. The van der Waals surface area contributed by atoms with E-state index < -0.39 is 11.8 Å².